The van der Waals surface area contributed by atoms with Gasteiger partial charge in [-0.25, -0.2) is 17.5 Å². The smallest absolute Gasteiger partial charge is 0.277 e. The molecule has 1 aliphatic rings. The molecule has 0 bridgehead atoms. The molecule has 3 heterocycles. The fourth-order valence-corrected chi connectivity index (χ4v) is 4.44. The number of aryl methyl sites for hydroxylation is 1. The van der Waals surface area contributed by atoms with Crippen LogP contribution in [0.3, 0.4) is 0 Å². The van der Waals surface area contributed by atoms with Crippen molar-refractivity contribution in [2.75, 3.05) is 11.1 Å². The molecular weight excluding hydrogens is 375 g/mol. The van der Waals surface area contributed by atoms with E-state index < -0.39 is 21.6 Å². The molecule has 0 radical (unpaired) electrons. The highest BCUT2D eigenvalue weighted by Crippen LogP contribution is 2.28. The van der Waals surface area contributed by atoms with Crippen LogP contribution in [0.15, 0.2) is 34.9 Å². The minimum absolute atomic E-state index is 0.0721. The van der Waals surface area contributed by atoms with Crippen LogP contribution in [0.25, 0.3) is 5.69 Å². The number of aromatic nitrogens is 3. The monoisotopic (exact) mass is 390 g/mol. The predicted molar refractivity (Wildman–Crippen MR) is 93.9 cm³/mol. The molecule has 140 valence electrons. The average molecular weight is 390 g/mol. The van der Waals surface area contributed by atoms with Crippen molar-refractivity contribution < 1.29 is 22.1 Å². The van der Waals surface area contributed by atoms with Gasteiger partial charge in [-0.2, -0.15) is 5.10 Å². The zero-order valence-electron chi connectivity index (χ0n) is 14.3. The van der Waals surface area contributed by atoms with Crippen molar-refractivity contribution >= 4 is 21.6 Å². The molecule has 0 spiro atoms. The quantitative estimate of drug-likeness (QED) is 0.733. The summed E-state index contributed by atoms with van der Waals surface area (Å²) in [7, 11) is -3.36. The molecular formula is C17H15FN4O4S. The first kappa shape index (κ1) is 17.4. The van der Waals surface area contributed by atoms with E-state index in [4.69, 9.17) is 4.52 Å². The van der Waals surface area contributed by atoms with Gasteiger partial charge in [0.1, 0.15) is 17.3 Å². The summed E-state index contributed by atoms with van der Waals surface area (Å²) in [5.74, 6) is -0.861. The van der Waals surface area contributed by atoms with Crippen molar-refractivity contribution in [2.45, 2.75) is 19.1 Å². The van der Waals surface area contributed by atoms with Gasteiger partial charge in [0.15, 0.2) is 21.3 Å². The number of nitrogens with zero attached hydrogens (tertiary/aromatic N) is 3. The Morgan fingerprint density at radius 2 is 2.11 bits per heavy atom. The van der Waals surface area contributed by atoms with E-state index in [9.17, 15) is 17.6 Å². The average Bonchev–Trinajstić information content (AvgIpc) is 3.17. The third kappa shape index (κ3) is 3.23. The molecule has 2 aromatic heterocycles. The predicted octanol–water partition coefficient (Wildman–Crippen LogP) is 2.03. The molecule has 0 atom stereocenters. The highest BCUT2D eigenvalue weighted by Gasteiger charge is 2.32. The number of halogens is 1. The Kier molecular flexibility index (Phi) is 4.06. The van der Waals surface area contributed by atoms with Gasteiger partial charge in [-0.15, -0.1) is 0 Å². The van der Waals surface area contributed by atoms with E-state index in [1.807, 2.05) is 0 Å². The Morgan fingerprint density at radius 1 is 1.33 bits per heavy atom. The van der Waals surface area contributed by atoms with Crippen molar-refractivity contribution in [1.82, 2.24) is 14.9 Å². The van der Waals surface area contributed by atoms with Crippen LogP contribution in [0.4, 0.5) is 10.2 Å². The summed E-state index contributed by atoms with van der Waals surface area (Å²) in [6.07, 6.45) is 0.148. The maximum Gasteiger partial charge on any atom is 0.277 e. The molecule has 0 unspecified atom stereocenters. The first-order valence-electron chi connectivity index (χ1n) is 8.15. The minimum Gasteiger partial charge on any atom is -0.360 e. The van der Waals surface area contributed by atoms with E-state index in [2.05, 4.69) is 15.6 Å². The van der Waals surface area contributed by atoms with Gasteiger partial charge in [0, 0.05) is 18.1 Å². The number of para-hydroxylation sites is 1. The number of benzene rings is 1. The lowest BCUT2D eigenvalue weighted by atomic mass is 10.1. The summed E-state index contributed by atoms with van der Waals surface area (Å²) in [5, 5.41) is 10.4. The lowest BCUT2D eigenvalue weighted by molar-refractivity contribution is 0.102. The number of hydrogen-bond acceptors (Lipinski definition) is 6. The highest BCUT2D eigenvalue weighted by atomic mass is 32.2. The Balaban J connectivity index is 1.82. The van der Waals surface area contributed by atoms with Crippen molar-refractivity contribution in [3.05, 3.63) is 58.9 Å². The number of fused-ring (bicyclic) bond motifs is 1. The van der Waals surface area contributed by atoms with E-state index in [1.165, 1.54) is 22.9 Å². The van der Waals surface area contributed by atoms with Crippen LogP contribution in [-0.4, -0.2) is 35.0 Å². The van der Waals surface area contributed by atoms with Crippen LogP contribution in [0.1, 0.15) is 27.5 Å². The van der Waals surface area contributed by atoms with Gasteiger partial charge in [-0.1, -0.05) is 17.3 Å². The van der Waals surface area contributed by atoms with Gasteiger partial charge in [-0.3, -0.25) is 4.79 Å². The number of sulfone groups is 1. The summed E-state index contributed by atoms with van der Waals surface area (Å²) in [6, 6.07) is 7.51. The Labute approximate surface area is 153 Å². The zero-order valence-corrected chi connectivity index (χ0v) is 15.1. The standard InChI is InChI=1S/C17H15FN4O4S/c1-10-8-15(21-26-10)19-17(23)16-11-9-27(24,25)7-6-13(11)22(20-16)14-5-3-2-4-12(14)18/h2-5,8H,6-7,9H2,1H3,(H,19,21,23). The third-order valence-electron chi connectivity index (χ3n) is 4.27. The van der Waals surface area contributed by atoms with E-state index >= 15 is 0 Å². The van der Waals surface area contributed by atoms with Gasteiger partial charge >= 0.3 is 0 Å². The van der Waals surface area contributed by atoms with Gasteiger partial charge in [-0.05, 0) is 19.1 Å². The topological polar surface area (TPSA) is 107 Å². The van der Waals surface area contributed by atoms with E-state index in [0.717, 1.165) is 0 Å². The molecule has 0 saturated heterocycles. The van der Waals surface area contributed by atoms with Crippen LogP contribution >= 0.6 is 0 Å². The molecule has 27 heavy (non-hydrogen) atoms. The Morgan fingerprint density at radius 3 is 2.81 bits per heavy atom. The fourth-order valence-electron chi connectivity index (χ4n) is 3.04. The summed E-state index contributed by atoms with van der Waals surface area (Å²) in [4.78, 5) is 12.7. The van der Waals surface area contributed by atoms with Crippen LogP contribution in [0.5, 0.6) is 0 Å². The van der Waals surface area contributed by atoms with Gasteiger partial charge in [0.25, 0.3) is 5.91 Å². The molecule has 0 saturated carbocycles. The zero-order chi connectivity index (χ0) is 19.2. The second-order valence-corrected chi connectivity index (χ2v) is 8.44. The molecule has 0 aliphatic carbocycles. The molecule has 0 fully saturated rings. The van der Waals surface area contributed by atoms with Crippen molar-refractivity contribution in [3.8, 4) is 5.69 Å². The van der Waals surface area contributed by atoms with Crippen LogP contribution in [0, 0.1) is 12.7 Å². The number of hydrogen-bond donors (Lipinski definition) is 1. The third-order valence-corrected chi connectivity index (χ3v) is 5.82. The van der Waals surface area contributed by atoms with E-state index in [0.29, 0.717) is 11.5 Å². The number of nitrogens with one attached hydrogen (secondary N) is 1. The normalized spacial score (nSPS) is 15.3. The number of rotatable bonds is 3. The Hall–Kier alpha value is -3.01. The summed E-state index contributed by atoms with van der Waals surface area (Å²) >= 11 is 0. The van der Waals surface area contributed by atoms with E-state index in [-0.39, 0.29) is 40.7 Å². The van der Waals surface area contributed by atoms with Crippen LogP contribution in [-0.2, 0) is 22.0 Å². The lowest BCUT2D eigenvalue weighted by Crippen LogP contribution is -2.22. The van der Waals surface area contributed by atoms with E-state index in [1.54, 1.807) is 19.1 Å². The molecule has 1 aliphatic heterocycles. The number of carbonyl (C=O) groups is 1. The van der Waals surface area contributed by atoms with Crippen molar-refractivity contribution in [2.24, 2.45) is 0 Å². The van der Waals surface area contributed by atoms with Crippen LogP contribution < -0.4 is 5.32 Å². The minimum atomic E-state index is -3.36. The molecule has 8 nitrogen and oxygen atoms in total. The molecule has 4 rings (SSSR count). The molecule has 10 heteroatoms. The van der Waals surface area contributed by atoms with Crippen LogP contribution in [0.2, 0.25) is 0 Å². The van der Waals surface area contributed by atoms with Gasteiger partial charge < -0.3 is 9.84 Å². The SMILES string of the molecule is Cc1cc(NC(=O)c2nn(-c3ccccc3F)c3c2CS(=O)(=O)CC3)no1. The summed E-state index contributed by atoms with van der Waals surface area (Å²) < 4.78 is 44.6. The first-order chi connectivity index (χ1) is 12.8. The Bertz CT molecular complexity index is 1150. The second-order valence-electron chi connectivity index (χ2n) is 6.26. The van der Waals surface area contributed by atoms with Crippen molar-refractivity contribution in [1.29, 1.82) is 0 Å². The largest absolute Gasteiger partial charge is 0.360 e. The number of anilines is 1. The first-order valence-corrected chi connectivity index (χ1v) is 9.97. The van der Waals surface area contributed by atoms with Crippen molar-refractivity contribution in [3.63, 3.8) is 0 Å². The number of carbonyl (C=O) groups excluding carboxylic acids is 1. The molecule has 1 amide bonds. The number of amides is 1. The van der Waals surface area contributed by atoms with Gasteiger partial charge in [0.2, 0.25) is 0 Å². The molecule has 3 aromatic rings. The molecule has 1 N–H and O–H groups in total. The van der Waals surface area contributed by atoms with Gasteiger partial charge in [0.05, 0.1) is 17.2 Å². The lowest BCUT2D eigenvalue weighted by Gasteiger charge is -2.15. The fraction of sp³-hybridized carbons (Fsp3) is 0.235. The maximum atomic E-state index is 14.3. The summed E-state index contributed by atoms with van der Waals surface area (Å²) in [6.45, 7) is 1.67. The summed E-state index contributed by atoms with van der Waals surface area (Å²) in [5.41, 5.74) is 0.875. The molecule has 1 aromatic carbocycles. The highest BCUT2D eigenvalue weighted by molar-refractivity contribution is 7.90. The second kappa shape index (κ2) is 6.31. The maximum absolute atomic E-state index is 14.3.